The topological polar surface area (TPSA) is 61.9 Å². The van der Waals surface area contributed by atoms with Gasteiger partial charge in [-0.25, -0.2) is 0 Å². The van der Waals surface area contributed by atoms with Crippen molar-refractivity contribution in [1.29, 1.82) is 0 Å². The van der Waals surface area contributed by atoms with Crippen LogP contribution in [0.25, 0.3) is 0 Å². The fourth-order valence-electron chi connectivity index (χ4n) is 2.32. The summed E-state index contributed by atoms with van der Waals surface area (Å²) in [5.74, 6) is -0.142. The molecule has 1 aliphatic rings. The number of amides is 2. The van der Waals surface area contributed by atoms with E-state index >= 15 is 0 Å². The second kappa shape index (κ2) is 8.84. The van der Waals surface area contributed by atoms with Gasteiger partial charge in [0.1, 0.15) is 4.34 Å². The van der Waals surface area contributed by atoms with Crippen molar-refractivity contribution in [3.63, 3.8) is 0 Å². The van der Waals surface area contributed by atoms with Crippen LogP contribution in [0.15, 0.2) is 6.07 Å². The minimum Gasteiger partial charge on any atom is -0.383 e. The van der Waals surface area contributed by atoms with Gasteiger partial charge in [-0.3, -0.25) is 14.5 Å². The van der Waals surface area contributed by atoms with Gasteiger partial charge in [0.25, 0.3) is 5.91 Å². The number of methoxy groups -OCH3 is 1. The predicted octanol–water partition coefficient (Wildman–Crippen LogP) is 1.58. The summed E-state index contributed by atoms with van der Waals surface area (Å²) in [5, 5.41) is 2.78. The van der Waals surface area contributed by atoms with E-state index in [1.165, 1.54) is 11.3 Å². The van der Waals surface area contributed by atoms with Crippen molar-refractivity contribution >= 4 is 46.4 Å². The molecule has 1 aliphatic heterocycles. The molecule has 1 N–H and O–H groups in total. The third-order valence-electron chi connectivity index (χ3n) is 3.54. The maximum absolute atomic E-state index is 12.4. The van der Waals surface area contributed by atoms with Crippen molar-refractivity contribution in [3.8, 4) is 0 Å². The third kappa shape index (κ3) is 5.32. The van der Waals surface area contributed by atoms with Crippen LogP contribution in [0.1, 0.15) is 10.4 Å². The first-order valence-electron chi connectivity index (χ1n) is 7.23. The molecule has 1 aromatic rings. The largest absolute Gasteiger partial charge is 0.383 e. The van der Waals surface area contributed by atoms with Crippen LogP contribution in [-0.4, -0.2) is 74.6 Å². The number of halogens is 2. The molecule has 9 heteroatoms. The number of carbonyl (C=O) groups excluding carboxylic acids is 2. The van der Waals surface area contributed by atoms with Crippen molar-refractivity contribution in [1.82, 2.24) is 15.1 Å². The molecule has 0 aliphatic carbocycles. The second-order valence-electron chi connectivity index (χ2n) is 5.15. The molecule has 2 heterocycles. The average Bonchev–Trinajstić information content (AvgIpc) is 2.86. The molecule has 23 heavy (non-hydrogen) atoms. The molecule has 6 nitrogen and oxygen atoms in total. The van der Waals surface area contributed by atoms with E-state index < -0.39 is 0 Å². The second-order valence-corrected chi connectivity index (χ2v) is 7.43. The van der Waals surface area contributed by atoms with Gasteiger partial charge in [-0.1, -0.05) is 23.2 Å². The Balaban J connectivity index is 1.78. The lowest BCUT2D eigenvalue weighted by atomic mass is 10.2. The molecular weight excluding hydrogens is 361 g/mol. The van der Waals surface area contributed by atoms with E-state index in [4.69, 9.17) is 27.9 Å². The van der Waals surface area contributed by atoms with Crippen LogP contribution in [-0.2, 0) is 9.53 Å². The minimum absolute atomic E-state index is 0.0329. The predicted molar refractivity (Wildman–Crippen MR) is 91.6 cm³/mol. The SMILES string of the molecule is COCCNC(=O)CN1CCN(C(=O)c2cc(Cl)sc2Cl)CC1. The number of rotatable bonds is 6. The number of ether oxygens (including phenoxy) is 1. The monoisotopic (exact) mass is 379 g/mol. The molecule has 0 atom stereocenters. The first-order valence-corrected chi connectivity index (χ1v) is 8.80. The maximum Gasteiger partial charge on any atom is 0.256 e. The Morgan fingerprint density at radius 1 is 1.30 bits per heavy atom. The summed E-state index contributed by atoms with van der Waals surface area (Å²) >= 11 is 13.1. The van der Waals surface area contributed by atoms with Crippen molar-refractivity contribution in [2.45, 2.75) is 0 Å². The number of hydrogen-bond donors (Lipinski definition) is 1. The summed E-state index contributed by atoms with van der Waals surface area (Å²) < 4.78 is 5.81. The standard InChI is InChI=1S/C14H19Cl2N3O3S/c1-22-7-2-17-12(20)9-18-3-5-19(6-4-18)14(21)10-8-11(15)23-13(10)16/h8H,2-7,9H2,1H3,(H,17,20). The molecule has 0 aromatic carbocycles. The third-order valence-corrected chi connectivity index (χ3v) is 5.03. The molecule has 0 unspecified atom stereocenters. The number of nitrogens with zero attached hydrogens (tertiary/aromatic N) is 2. The van der Waals surface area contributed by atoms with Gasteiger partial charge in [-0.15, -0.1) is 11.3 Å². The Kier molecular flexibility index (Phi) is 7.10. The normalized spacial score (nSPS) is 15.7. The van der Waals surface area contributed by atoms with E-state index in [0.29, 0.717) is 60.1 Å². The van der Waals surface area contributed by atoms with Crippen LogP contribution in [0, 0.1) is 0 Å². The van der Waals surface area contributed by atoms with Crippen molar-refractivity contribution in [2.24, 2.45) is 0 Å². The first-order chi connectivity index (χ1) is 11.0. The van der Waals surface area contributed by atoms with E-state index in [1.54, 1.807) is 18.1 Å². The molecule has 0 radical (unpaired) electrons. The van der Waals surface area contributed by atoms with Crippen LogP contribution in [0.2, 0.25) is 8.67 Å². The van der Waals surface area contributed by atoms with Gasteiger partial charge < -0.3 is 15.0 Å². The van der Waals surface area contributed by atoms with Crippen LogP contribution in [0.5, 0.6) is 0 Å². The summed E-state index contributed by atoms with van der Waals surface area (Å²) in [6.45, 7) is 3.76. The van der Waals surface area contributed by atoms with E-state index in [1.807, 2.05) is 4.90 Å². The number of thiophene rings is 1. The van der Waals surface area contributed by atoms with Gasteiger partial charge >= 0.3 is 0 Å². The van der Waals surface area contributed by atoms with Crippen molar-refractivity contribution < 1.29 is 14.3 Å². The first kappa shape index (κ1) is 18.5. The summed E-state index contributed by atoms with van der Waals surface area (Å²) in [4.78, 5) is 27.9. The van der Waals surface area contributed by atoms with Crippen LogP contribution in [0.3, 0.4) is 0 Å². The molecule has 2 rings (SSSR count). The highest BCUT2D eigenvalue weighted by Gasteiger charge is 2.25. The van der Waals surface area contributed by atoms with E-state index in [2.05, 4.69) is 5.32 Å². The van der Waals surface area contributed by atoms with E-state index in [0.717, 1.165) is 0 Å². The lowest BCUT2D eigenvalue weighted by molar-refractivity contribution is -0.122. The zero-order valence-electron chi connectivity index (χ0n) is 12.8. The highest BCUT2D eigenvalue weighted by atomic mass is 35.5. The fourth-order valence-corrected chi connectivity index (χ4v) is 3.76. The molecule has 0 spiro atoms. The molecule has 0 bridgehead atoms. The summed E-state index contributed by atoms with van der Waals surface area (Å²) in [6.07, 6.45) is 0. The zero-order chi connectivity index (χ0) is 16.8. The number of carbonyl (C=O) groups is 2. The Hall–Kier alpha value is -0.860. The molecule has 128 valence electrons. The quantitative estimate of drug-likeness (QED) is 0.762. The van der Waals surface area contributed by atoms with Gasteiger partial charge in [0, 0.05) is 39.8 Å². The summed E-state index contributed by atoms with van der Waals surface area (Å²) in [5.41, 5.74) is 0.451. The molecule has 1 fully saturated rings. The Bertz CT molecular complexity index is 559. The molecule has 1 saturated heterocycles. The van der Waals surface area contributed by atoms with Gasteiger partial charge in [0.05, 0.1) is 23.1 Å². The Labute approximate surface area is 149 Å². The average molecular weight is 380 g/mol. The highest BCUT2D eigenvalue weighted by Crippen LogP contribution is 2.32. The highest BCUT2D eigenvalue weighted by molar-refractivity contribution is 7.20. The Morgan fingerprint density at radius 2 is 2.00 bits per heavy atom. The van der Waals surface area contributed by atoms with Crippen molar-refractivity contribution in [3.05, 3.63) is 20.3 Å². The Morgan fingerprint density at radius 3 is 2.57 bits per heavy atom. The molecule has 1 aromatic heterocycles. The maximum atomic E-state index is 12.4. The minimum atomic E-state index is -0.109. The van der Waals surface area contributed by atoms with Gasteiger partial charge in [-0.2, -0.15) is 0 Å². The van der Waals surface area contributed by atoms with Crippen LogP contribution < -0.4 is 5.32 Å². The van der Waals surface area contributed by atoms with Gasteiger partial charge in [-0.05, 0) is 6.07 Å². The smallest absolute Gasteiger partial charge is 0.256 e. The lowest BCUT2D eigenvalue weighted by Crippen LogP contribution is -2.51. The number of hydrogen-bond acceptors (Lipinski definition) is 5. The van der Waals surface area contributed by atoms with Crippen LogP contribution >= 0.6 is 34.5 Å². The number of nitrogens with one attached hydrogen (secondary N) is 1. The van der Waals surface area contributed by atoms with E-state index in [-0.39, 0.29) is 11.8 Å². The lowest BCUT2D eigenvalue weighted by Gasteiger charge is -2.34. The summed E-state index contributed by atoms with van der Waals surface area (Å²) in [6, 6.07) is 1.60. The zero-order valence-corrected chi connectivity index (χ0v) is 15.1. The fraction of sp³-hybridized carbons (Fsp3) is 0.571. The molecular formula is C14H19Cl2N3O3S. The van der Waals surface area contributed by atoms with Crippen molar-refractivity contribution in [2.75, 3.05) is 53.0 Å². The van der Waals surface area contributed by atoms with E-state index in [9.17, 15) is 9.59 Å². The molecule has 0 saturated carbocycles. The summed E-state index contributed by atoms with van der Waals surface area (Å²) in [7, 11) is 1.59. The van der Waals surface area contributed by atoms with Gasteiger partial charge in [0.2, 0.25) is 5.91 Å². The van der Waals surface area contributed by atoms with Crippen LogP contribution in [0.4, 0.5) is 0 Å². The number of piperazine rings is 1. The molecule has 2 amide bonds. The van der Waals surface area contributed by atoms with Gasteiger partial charge in [0.15, 0.2) is 0 Å².